The van der Waals surface area contributed by atoms with E-state index in [0.717, 1.165) is 18.4 Å². The van der Waals surface area contributed by atoms with Crippen molar-refractivity contribution >= 4 is 23.8 Å². The molecule has 0 unspecified atom stereocenters. The third-order valence-corrected chi connectivity index (χ3v) is 4.65. The fourth-order valence-corrected chi connectivity index (χ4v) is 3.04. The van der Waals surface area contributed by atoms with E-state index in [2.05, 4.69) is 5.32 Å². The smallest absolute Gasteiger partial charge is 0.409 e. The maximum absolute atomic E-state index is 12.1. The predicted molar refractivity (Wildman–Crippen MR) is 91.7 cm³/mol. The number of nitrogens with one attached hydrogen (secondary N) is 1. The summed E-state index contributed by atoms with van der Waals surface area (Å²) in [5.74, 6) is 0.0384. The first-order chi connectivity index (χ1) is 11.1. The van der Waals surface area contributed by atoms with Gasteiger partial charge in [0.15, 0.2) is 0 Å². The molecule has 126 valence electrons. The summed E-state index contributed by atoms with van der Waals surface area (Å²) in [6.07, 6.45) is 3.72. The monoisotopic (exact) mass is 336 g/mol. The van der Waals surface area contributed by atoms with Crippen molar-refractivity contribution in [1.29, 1.82) is 0 Å². The van der Waals surface area contributed by atoms with Crippen molar-refractivity contribution in [2.45, 2.75) is 37.1 Å². The molecule has 23 heavy (non-hydrogen) atoms. The number of nitrogens with zero attached hydrogens (tertiary/aromatic N) is 1. The van der Waals surface area contributed by atoms with Gasteiger partial charge in [-0.1, -0.05) is 12.1 Å². The van der Waals surface area contributed by atoms with Gasteiger partial charge in [0.1, 0.15) is 0 Å². The molecule has 5 nitrogen and oxygen atoms in total. The van der Waals surface area contributed by atoms with Crippen molar-refractivity contribution < 1.29 is 14.3 Å². The first kappa shape index (κ1) is 17.7. The van der Waals surface area contributed by atoms with Crippen LogP contribution in [0.2, 0.25) is 0 Å². The van der Waals surface area contributed by atoms with E-state index in [-0.39, 0.29) is 18.0 Å². The van der Waals surface area contributed by atoms with Gasteiger partial charge in [-0.2, -0.15) is 0 Å². The molecule has 0 aliphatic carbocycles. The topological polar surface area (TPSA) is 58.6 Å². The summed E-state index contributed by atoms with van der Waals surface area (Å²) in [7, 11) is 0. The van der Waals surface area contributed by atoms with Crippen LogP contribution in [0.1, 0.15) is 25.3 Å². The van der Waals surface area contributed by atoms with Crippen LogP contribution in [0.4, 0.5) is 4.79 Å². The van der Waals surface area contributed by atoms with E-state index >= 15 is 0 Å². The quantitative estimate of drug-likeness (QED) is 0.840. The molecule has 0 radical (unpaired) electrons. The molecule has 1 aliphatic heterocycles. The molecule has 1 heterocycles. The van der Waals surface area contributed by atoms with Gasteiger partial charge in [0, 0.05) is 24.0 Å². The van der Waals surface area contributed by atoms with Crippen LogP contribution in [0.15, 0.2) is 29.2 Å². The van der Waals surface area contributed by atoms with E-state index in [1.807, 2.05) is 30.5 Å². The molecule has 6 heteroatoms. The maximum atomic E-state index is 12.1. The highest BCUT2D eigenvalue weighted by molar-refractivity contribution is 7.98. The summed E-state index contributed by atoms with van der Waals surface area (Å²) in [6, 6.07) is 8.19. The summed E-state index contributed by atoms with van der Waals surface area (Å²) in [5, 5.41) is 3.06. The summed E-state index contributed by atoms with van der Waals surface area (Å²) in [5.41, 5.74) is 1.02. The second-order valence-electron chi connectivity index (χ2n) is 5.55. The molecule has 0 atom stereocenters. The number of rotatable bonds is 5. The molecule has 0 aromatic heterocycles. The van der Waals surface area contributed by atoms with Crippen LogP contribution in [0, 0.1) is 0 Å². The SMILES string of the molecule is CCOC(=O)N1CCC(NC(=O)Cc2ccc(SC)cc2)CC1. The molecular formula is C17H24N2O3S. The first-order valence-corrected chi connectivity index (χ1v) is 9.18. The van der Waals surface area contributed by atoms with E-state index in [1.165, 1.54) is 4.90 Å². The van der Waals surface area contributed by atoms with E-state index in [1.54, 1.807) is 23.6 Å². The highest BCUT2D eigenvalue weighted by atomic mass is 32.2. The summed E-state index contributed by atoms with van der Waals surface area (Å²) < 4.78 is 4.99. The Kier molecular flexibility index (Phi) is 6.77. The number of amides is 2. The van der Waals surface area contributed by atoms with Gasteiger partial charge in [-0.25, -0.2) is 4.79 Å². The number of piperidine rings is 1. The fraction of sp³-hybridized carbons (Fsp3) is 0.529. The Labute approximate surface area is 141 Å². The average molecular weight is 336 g/mol. The number of ether oxygens (including phenoxy) is 1. The lowest BCUT2D eigenvalue weighted by molar-refractivity contribution is -0.121. The standard InChI is InChI=1S/C17H24N2O3S/c1-3-22-17(21)19-10-8-14(9-11-19)18-16(20)12-13-4-6-15(23-2)7-5-13/h4-7,14H,3,8-12H2,1-2H3,(H,18,20). The van der Waals surface area contributed by atoms with Crippen LogP contribution >= 0.6 is 11.8 Å². The molecule has 2 amide bonds. The minimum absolute atomic E-state index is 0.0384. The predicted octanol–water partition coefficient (Wildman–Crippen LogP) is 2.69. The van der Waals surface area contributed by atoms with E-state index < -0.39 is 0 Å². The maximum Gasteiger partial charge on any atom is 0.409 e. The number of benzene rings is 1. The van der Waals surface area contributed by atoms with Gasteiger partial charge in [-0.05, 0) is 43.7 Å². The van der Waals surface area contributed by atoms with Crippen LogP contribution in [-0.2, 0) is 16.0 Å². The van der Waals surface area contributed by atoms with Crippen LogP contribution in [0.5, 0.6) is 0 Å². The lowest BCUT2D eigenvalue weighted by Gasteiger charge is -2.31. The molecular weight excluding hydrogens is 312 g/mol. The molecule has 0 spiro atoms. The number of carbonyl (C=O) groups is 2. The van der Waals surface area contributed by atoms with Crippen LogP contribution in [-0.4, -0.2) is 48.9 Å². The Balaban J connectivity index is 1.75. The number of hydrogen-bond donors (Lipinski definition) is 1. The van der Waals surface area contributed by atoms with Crippen molar-refractivity contribution in [3.05, 3.63) is 29.8 Å². The van der Waals surface area contributed by atoms with Crippen LogP contribution in [0.25, 0.3) is 0 Å². The Morgan fingerprint density at radius 3 is 2.48 bits per heavy atom. The normalized spacial score (nSPS) is 15.3. The lowest BCUT2D eigenvalue weighted by atomic mass is 10.0. The van der Waals surface area contributed by atoms with Gasteiger partial charge >= 0.3 is 6.09 Å². The fourth-order valence-electron chi connectivity index (χ4n) is 2.63. The minimum atomic E-state index is -0.258. The van der Waals surface area contributed by atoms with E-state index in [9.17, 15) is 9.59 Å². The number of carbonyl (C=O) groups excluding carboxylic acids is 2. The molecule has 1 fully saturated rings. The number of thioether (sulfide) groups is 1. The number of likely N-dealkylation sites (tertiary alicyclic amines) is 1. The average Bonchev–Trinajstić information content (AvgIpc) is 2.56. The molecule has 1 aromatic rings. The lowest BCUT2D eigenvalue weighted by Crippen LogP contribution is -2.47. The molecule has 1 aliphatic rings. The molecule has 1 aromatic carbocycles. The van der Waals surface area contributed by atoms with Crippen molar-refractivity contribution in [2.75, 3.05) is 26.0 Å². The van der Waals surface area contributed by atoms with Crippen molar-refractivity contribution in [1.82, 2.24) is 10.2 Å². The van der Waals surface area contributed by atoms with Crippen molar-refractivity contribution in [2.24, 2.45) is 0 Å². The molecule has 1 N–H and O–H groups in total. The second-order valence-corrected chi connectivity index (χ2v) is 6.43. The van der Waals surface area contributed by atoms with Gasteiger partial charge in [0.2, 0.25) is 5.91 Å². The Morgan fingerprint density at radius 2 is 1.91 bits per heavy atom. The number of hydrogen-bond acceptors (Lipinski definition) is 4. The Bertz CT molecular complexity index is 525. The first-order valence-electron chi connectivity index (χ1n) is 7.96. The van der Waals surface area contributed by atoms with E-state index in [0.29, 0.717) is 26.1 Å². The van der Waals surface area contributed by atoms with Gasteiger partial charge in [0.25, 0.3) is 0 Å². The zero-order chi connectivity index (χ0) is 16.7. The Hall–Kier alpha value is -1.69. The van der Waals surface area contributed by atoms with Crippen LogP contribution in [0.3, 0.4) is 0 Å². The van der Waals surface area contributed by atoms with Crippen LogP contribution < -0.4 is 5.32 Å². The minimum Gasteiger partial charge on any atom is -0.450 e. The molecule has 0 saturated carbocycles. The third kappa shape index (κ3) is 5.46. The Morgan fingerprint density at radius 1 is 1.26 bits per heavy atom. The summed E-state index contributed by atoms with van der Waals surface area (Å²) in [4.78, 5) is 26.7. The van der Waals surface area contributed by atoms with E-state index in [4.69, 9.17) is 4.74 Å². The highest BCUT2D eigenvalue weighted by Gasteiger charge is 2.24. The van der Waals surface area contributed by atoms with Gasteiger partial charge in [-0.15, -0.1) is 11.8 Å². The van der Waals surface area contributed by atoms with Crippen molar-refractivity contribution in [3.8, 4) is 0 Å². The molecule has 1 saturated heterocycles. The third-order valence-electron chi connectivity index (χ3n) is 3.91. The van der Waals surface area contributed by atoms with Crippen molar-refractivity contribution in [3.63, 3.8) is 0 Å². The zero-order valence-electron chi connectivity index (χ0n) is 13.7. The largest absolute Gasteiger partial charge is 0.450 e. The molecule has 0 bridgehead atoms. The summed E-state index contributed by atoms with van der Waals surface area (Å²) in [6.45, 7) is 3.46. The molecule has 2 rings (SSSR count). The van der Waals surface area contributed by atoms with Gasteiger partial charge in [0.05, 0.1) is 13.0 Å². The highest BCUT2D eigenvalue weighted by Crippen LogP contribution is 2.16. The zero-order valence-corrected chi connectivity index (χ0v) is 14.5. The van der Waals surface area contributed by atoms with Gasteiger partial charge < -0.3 is 15.0 Å². The second kappa shape index (κ2) is 8.82. The van der Waals surface area contributed by atoms with Gasteiger partial charge in [-0.3, -0.25) is 4.79 Å². The summed E-state index contributed by atoms with van der Waals surface area (Å²) >= 11 is 1.69.